The first-order chi connectivity index (χ1) is 6.73. The second-order valence-corrected chi connectivity index (χ2v) is 3.81. The third-order valence-electron chi connectivity index (χ3n) is 2.57. The van der Waals surface area contributed by atoms with Gasteiger partial charge >= 0.3 is 6.18 Å². The van der Waals surface area contributed by atoms with Gasteiger partial charge in [0.2, 0.25) is 0 Å². The van der Waals surface area contributed by atoms with Crippen LogP contribution in [0.25, 0.3) is 0 Å². The lowest BCUT2D eigenvalue weighted by atomic mass is 9.96. The fourth-order valence-electron chi connectivity index (χ4n) is 1.49. The van der Waals surface area contributed by atoms with Crippen LogP contribution in [0.2, 0.25) is 0 Å². The lowest BCUT2D eigenvalue weighted by Gasteiger charge is -2.19. The summed E-state index contributed by atoms with van der Waals surface area (Å²) in [4.78, 5) is 0. The summed E-state index contributed by atoms with van der Waals surface area (Å²) >= 11 is 0. The van der Waals surface area contributed by atoms with Gasteiger partial charge in [0.25, 0.3) is 0 Å². The average Bonchev–Trinajstić information content (AvgIpc) is 2.08. The van der Waals surface area contributed by atoms with Crippen LogP contribution in [0.4, 0.5) is 13.2 Å². The Morgan fingerprint density at radius 2 is 1.47 bits per heavy atom. The monoisotopic (exact) mass is 217 g/mol. The van der Waals surface area contributed by atoms with Crippen molar-refractivity contribution in [3.63, 3.8) is 0 Å². The summed E-state index contributed by atoms with van der Waals surface area (Å²) in [6.07, 6.45) is -4.38. The Balaban J connectivity index is 3.21. The van der Waals surface area contributed by atoms with Crippen LogP contribution >= 0.6 is 0 Å². The summed E-state index contributed by atoms with van der Waals surface area (Å²) in [6.45, 7) is 5.29. The zero-order valence-electron chi connectivity index (χ0n) is 8.94. The molecule has 0 heterocycles. The molecule has 0 aliphatic carbocycles. The Hall–Kier alpha value is -1.03. The molecular formula is C11H14F3N. The third-order valence-corrected chi connectivity index (χ3v) is 2.57. The zero-order valence-corrected chi connectivity index (χ0v) is 8.94. The quantitative estimate of drug-likeness (QED) is 0.768. The maximum atomic E-state index is 12.4. The van der Waals surface area contributed by atoms with Gasteiger partial charge in [0.15, 0.2) is 0 Å². The van der Waals surface area contributed by atoms with Crippen LogP contribution in [0.15, 0.2) is 12.1 Å². The molecule has 4 heteroatoms. The van der Waals surface area contributed by atoms with Crippen LogP contribution in [0.1, 0.15) is 28.3 Å². The van der Waals surface area contributed by atoms with E-state index >= 15 is 0 Å². The van der Waals surface area contributed by atoms with Crippen LogP contribution in [0.3, 0.4) is 0 Å². The average molecular weight is 217 g/mol. The standard InChI is InChI=1S/C11H14F3N/c1-6-4-8(3)9(5-7(6)2)10(15)11(12,13)14/h4-5,10H,15H2,1-3H3. The molecule has 1 nitrogen and oxygen atoms in total. The molecular weight excluding hydrogens is 203 g/mol. The highest BCUT2D eigenvalue weighted by molar-refractivity contribution is 5.38. The minimum atomic E-state index is -4.38. The summed E-state index contributed by atoms with van der Waals surface area (Å²) in [6, 6.07) is 1.36. The van der Waals surface area contributed by atoms with Crippen molar-refractivity contribution in [3.05, 3.63) is 34.4 Å². The smallest absolute Gasteiger partial charge is 0.316 e. The van der Waals surface area contributed by atoms with Crippen molar-refractivity contribution in [2.75, 3.05) is 0 Å². The van der Waals surface area contributed by atoms with Gasteiger partial charge in [-0.3, -0.25) is 0 Å². The molecule has 0 aliphatic heterocycles. The molecule has 0 aromatic heterocycles. The van der Waals surface area contributed by atoms with E-state index in [1.807, 2.05) is 6.92 Å². The van der Waals surface area contributed by atoms with Crippen LogP contribution in [-0.2, 0) is 0 Å². The summed E-state index contributed by atoms with van der Waals surface area (Å²) in [5.41, 5.74) is 7.72. The summed E-state index contributed by atoms with van der Waals surface area (Å²) in [7, 11) is 0. The van der Waals surface area contributed by atoms with E-state index in [0.717, 1.165) is 11.1 Å². The number of nitrogens with two attached hydrogens (primary N) is 1. The Morgan fingerprint density at radius 1 is 1.00 bits per heavy atom. The van der Waals surface area contributed by atoms with Crippen molar-refractivity contribution in [3.8, 4) is 0 Å². The Morgan fingerprint density at radius 3 is 1.93 bits per heavy atom. The molecule has 0 saturated carbocycles. The molecule has 0 saturated heterocycles. The van der Waals surface area contributed by atoms with Gasteiger partial charge in [-0.25, -0.2) is 0 Å². The SMILES string of the molecule is Cc1cc(C)c(C(N)C(F)(F)F)cc1C. The van der Waals surface area contributed by atoms with Crippen molar-refractivity contribution in [1.29, 1.82) is 0 Å². The molecule has 15 heavy (non-hydrogen) atoms. The highest BCUT2D eigenvalue weighted by atomic mass is 19.4. The first-order valence-corrected chi connectivity index (χ1v) is 4.63. The second kappa shape index (κ2) is 3.85. The van der Waals surface area contributed by atoms with Gasteiger partial charge in [-0.05, 0) is 43.0 Å². The number of benzene rings is 1. The van der Waals surface area contributed by atoms with E-state index in [4.69, 9.17) is 5.73 Å². The van der Waals surface area contributed by atoms with Gasteiger partial charge in [-0.1, -0.05) is 12.1 Å². The van der Waals surface area contributed by atoms with Crippen molar-refractivity contribution in [2.45, 2.75) is 33.0 Å². The van der Waals surface area contributed by atoms with E-state index in [-0.39, 0.29) is 5.56 Å². The van der Waals surface area contributed by atoms with Crippen molar-refractivity contribution >= 4 is 0 Å². The maximum absolute atomic E-state index is 12.4. The minimum Gasteiger partial charge on any atom is -0.316 e. The van der Waals surface area contributed by atoms with Crippen molar-refractivity contribution < 1.29 is 13.2 Å². The van der Waals surface area contributed by atoms with E-state index in [0.29, 0.717) is 5.56 Å². The second-order valence-electron chi connectivity index (χ2n) is 3.81. The fourth-order valence-corrected chi connectivity index (χ4v) is 1.49. The third kappa shape index (κ3) is 2.50. The van der Waals surface area contributed by atoms with Crippen molar-refractivity contribution in [2.24, 2.45) is 5.73 Å². The van der Waals surface area contributed by atoms with Gasteiger partial charge in [0.05, 0.1) is 0 Å². The van der Waals surface area contributed by atoms with E-state index in [1.54, 1.807) is 19.9 Å². The van der Waals surface area contributed by atoms with E-state index in [9.17, 15) is 13.2 Å². The minimum absolute atomic E-state index is 0.158. The zero-order chi connectivity index (χ0) is 11.8. The van der Waals surface area contributed by atoms with Crippen LogP contribution in [0, 0.1) is 20.8 Å². The molecule has 1 aromatic carbocycles. The van der Waals surface area contributed by atoms with Gasteiger partial charge in [-0.2, -0.15) is 13.2 Å². The highest BCUT2D eigenvalue weighted by Crippen LogP contribution is 2.33. The maximum Gasteiger partial charge on any atom is 0.407 e. The predicted octanol–water partition coefficient (Wildman–Crippen LogP) is 3.17. The van der Waals surface area contributed by atoms with Crippen molar-refractivity contribution in [1.82, 2.24) is 0 Å². The number of halogens is 3. The molecule has 0 radical (unpaired) electrons. The van der Waals surface area contributed by atoms with E-state index < -0.39 is 12.2 Å². The summed E-state index contributed by atoms with van der Waals surface area (Å²) < 4.78 is 37.3. The van der Waals surface area contributed by atoms with Gasteiger partial charge < -0.3 is 5.73 Å². The molecule has 0 aliphatic rings. The fraction of sp³-hybridized carbons (Fsp3) is 0.455. The molecule has 1 unspecified atom stereocenters. The van der Waals surface area contributed by atoms with E-state index in [1.165, 1.54) is 6.07 Å². The topological polar surface area (TPSA) is 26.0 Å². The normalized spacial score (nSPS) is 14.1. The van der Waals surface area contributed by atoms with Crippen LogP contribution in [0.5, 0.6) is 0 Å². The Kier molecular flexibility index (Phi) is 3.09. The molecule has 0 amide bonds. The largest absolute Gasteiger partial charge is 0.407 e. The lowest BCUT2D eigenvalue weighted by Crippen LogP contribution is -2.29. The molecule has 1 aromatic rings. The van der Waals surface area contributed by atoms with Crippen LogP contribution < -0.4 is 5.73 Å². The molecule has 0 bridgehead atoms. The Bertz CT molecular complexity index is 369. The first kappa shape index (κ1) is 12.0. The number of hydrogen-bond acceptors (Lipinski definition) is 1. The lowest BCUT2D eigenvalue weighted by molar-refractivity contribution is -0.149. The first-order valence-electron chi connectivity index (χ1n) is 4.63. The van der Waals surface area contributed by atoms with Crippen LogP contribution in [-0.4, -0.2) is 6.18 Å². The Labute approximate surface area is 87.1 Å². The van der Waals surface area contributed by atoms with E-state index in [2.05, 4.69) is 0 Å². The molecule has 2 N–H and O–H groups in total. The van der Waals surface area contributed by atoms with Gasteiger partial charge in [0.1, 0.15) is 6.04 Å². The summed E-state index contributed by atoms with van der Waals surface area (Å²) in [5, 5.41) is 0. The predicted molar refractivity (Wildman–Crippen MR) is 53.6 cm³/mol. The highest BCUT2D eigenvalue weighted by Gasteiger charge is 2.38. The molecule has 0 spiro atoms. The number of hydrogen-bond donors (Lipinski definition) is 1. The number of rotatable bonds is 1. The molecule has 1 atom stereocenters. The molecule has 1 rings (SSSR count). The molecule has 84 valence electrons. The summed E-state index contributed by atoms with van der Waals surface area (Å²) in [5.74, 6) is 0. The molecule has 0 fully saturated rings. The van der Waals surface area contributed by atoms with Gasteiger partial charge in [-0.15, -0.1) is 0 Å². The number of aryl methyl sites for hydroxylation is 3. The van der Waals surface area contributed by atoms with Gasteiger partial charge in [0, 0.05) is 0 Å². The number of alkyl halides is 3.